The zero-order chi connectivity index (χ0) is 11.2. The summed E-state index contributed by atoms with van der Waals surface area (Å²) in [5.41, 5.74) is 2.93. The molecule has 1 nitrogen and oxygen atoms in total. The number of fused-ring (bicyclic) bond motifs is 5. The molecule has 0 bridgehead atoms. The lowest BCUT2D eigenvalue weighted by atomic mass is 9.72. The van der Waals surface area contributed by atoms with Gasteiger partial charge in [-0.1, -0.05) is 49.3 Å². The molecule has 4 rings (SSSR count). The van der Waals surface area contributed by atoms with E-state index in [1.807, 2.05) is 0 Å². The Bertz CT molecular complexity index is 462. The fraction of sp³-hybridized carbons (Fsp3) is 0.500. The van der Waals surface area contributed by atoms with Crippen LogP contribution in [0.4, 0.5) is 0 Å². The van der Waals surface area contributed by atoms with E-state index in [4.69, 9.17) is 4.74 Å². The third-order valence-electron chi connectivity index (χ3n) is 4.72. The molecular formula is C16H18O. The first-order valence-corrected chi connectivity index (χ1v) is 6.86. The van der Waals surface area contributed by atoms with Crippen LogP contribution < -0.4 is 0 Å². The lowest BCUT2D eigenvalue weighted by molar-refractivity contribution is 0.0381. The monoisotopic (exact) mass is 226 g/mol. The van der Waals surface area contributed by atoms with Gasteiger partial charge in [0.05, 0.1) is 12.2 Å². The van der Waals surface area contributed by atoms with Gasteiger partial charge in [-0.2, -0.15) is 0 Å². The van der Waals surface area contributed by atoms with Crippen molar-refractivity contribution in [2.45, 2.75) is 43.8 Å². The fourth-order valence-electron chi connectivity index (χ4n) is 3.97. The van der Waals surface area contributed by atoms with Crippen LogP contribution in [-0.4, -0.2) is 12.2 Å². The Hall–Kier alpha value is -1.08. The van der Waals surface area contributed by atoms with Gasteiger partial charge in [0, 0.05) is 5.92 Å². The first kappa shape index (κ1) is 9.90. The second kappa shape index (κ2) is 3.71. The van der Waals surface area contributed by atoms with Crippen LogP contribution in [0.25, 0.3) is 6.08 Å². The van der Waals surface area contributed by atoms with Gasteiger partial charge in [-0.25, -0.2) is 0 Å². The Morgan fingerprint density at radius 2 is 1.94 bits per heavy atom. The highest BCUT2D eigenvalue weighted by atomic mass is 16.5. The standard InChI is InChI=1S/C16H18O/c1-2-6-12-11(5-1)9-10-15-16(12)13-7-3-4-8-14(13)17-15/h1-2,5-6,9-10,13-16H,3-4,7-8H2/t13-,14+,15+,16+/m1/s1. The highest BCUT2D eigenvalue weighted by Gasteiger charge is 2.46. The molecule has 1 saturated heterocycles. The first-order valence-electron chi connectivity index (χ1n) is 6.86. The Labute approximate surface area is 102 Å². The van der Waals surface area contributed by atoms with E-state index in [-0.39, 0.29) is 0 Å². The topological polar surface area (TPSA) is 9.23 Å². The van der Waals surface area contributed by atoms with Crippen LogP contribution in [0.5, 0.6) is 0 Å². The highest BCUT2D eigenvalue weighted by molar-refractivity contribution is 5.59. The largest absolute Gasteiger partial charge is 0.370 e. The molecule has 88 valence electrons. The summed E-state index contributed by atoms with van der Waals surface area (Å²) in [7, 11) is 0. The molecule has 0 aromatic heterocycles. The van der Waals surface area contributed by atoms with Gasteiger partial charge in [-0.3, -0.25) is 0 Å². The van der Waals surface area contributed by atoms with E-state index in [1.165, 1.54) is 36.8 Å². The van der Waals surface area contributed by atoms with Gasteiger partial charge < -0.3 is 4.74 Å². The van der Waals surface area contributed by atoms with E-state index < -0.39 is 0 Å². The molecule has 1 heteroatoms. The third-order valence-corrected chi connectivity index (χ3v) is 4.72. The molecule has 1 heterocycles. The van der Waals surface area contributed by atoms with Gasteiger partial charge in [0.25, 0.3) is 0 Å². The molecule has 0 spiro atoms. The smallest absolute Gasteiger partial charge is 0.0835 e. The first-order chi connectivity index (χ1) is 8.43. The minimum atomic E-state index is 0.345. The zero-order valence-electron chi connectivity index (χ0n) is 10.0. The number of hydrogen-bond acceptors (Lipinski definition) is 1. The summed E-state index contributed by atoms with van der Waals surface area (Å²) in [6.45, 7) is 0. The van der Waals surface area contributed by atoms with Gasteiger partial charge in [0.1, 0.15) is 0 Å². The predicted molar refractivity (Wildman–Crippen MR) is 68.8 cm³/mol. The molecule has 2 fully saturated rings. The van der Waals surface area contributed by atoms with Crippen LogP contribution in [0.2, 0.25) is 0 Å². The molecule has 0 unspecified atom stereocenters. The van der Waals surface area contributed by atoms with Crippen LogP contribution in [0, 0.1) is 5.92 Å². The second-order valence-corrected chi connectivity index (χ2v) is 5.60. The fourth-order valence-corrected chi connectivity index (χ4v) is 3.97. The molecule has 1 aromatic carbocycles. The van der Waals surface area contributed by atoms with Gasteiger partial charge >= 0.3 is 0 Å². The molecule has 0 amide bonds. The summed E-state index contributed by atoms with van der Waals surface area (Å²) in [5, 5.41) is 0. The number of hydrogen-bond donors (Lipinski definition) is 0. The summed E-state index contributed by atoms with van der Waals surface area (Å²) >= 11 is 0. The van der Waals surface area contributed by atoms with Crippen molar-refractivity contribution in [2.75, 3.05) is 0 Å². The lowest BCUT2D eigenvalue weighted by Gasteiger charge is -2.29. The van der Waals surface area contributed by atoms with Gasteiger partial charge in [0.15, 0.2) is 0 Å². The maximum Gasteiger partial charge on any atom is 0.0835 e. The Morgan fingerprint density at radius 1 is 1.06 bits per heavy atom. The summed E-state index contributed by atoms with van der Waals surface area (Å²) in [6, 6.07) is 8.85. The van der Waals surface area contributed by atoms with Crippen molar-refractivity contribution in [3.63, 3.8) is 0 Å². The number of benzene rings is 1. The number of ether oxygens (including phenoxy) is 1. The van der Waals surface area contributed by atoms with E-state index in [9.17, 15) is 0 Å². The van der Waals surface area contributed by atoms with Gasteiger partial charge in [0.2, 0.25) is 0 Å². The third kappa shape index (κ3) is 1.42. The molecule has 17 heavy (non-hydrogen) atoms. The average molecular weight is 226 g/mol. The molecular weight excluding hydrogens is 208 g/mol. The summed E-state index contributed by atoms with van der Waals surface area (Å²) < 4.78 is 6.24. The van der Waals surface area contributed by atoms with E-state index >= 15 is 0 Å². The highest BCUT2D eigenvalue weighted by Crippen LogP contribution is 2.49. The van der Waals surface area contributed by atoms with Gasteiger partial charge in [-0.15, -0.1) is 0 Å². The SMILES string of the molecule is C1=C[C@@H]2O[C@H]3CCCC[C@H]3[C@@H]2c2ccccc21. The zero-order valence-corrected chi connectivity index (χ0v) is 10.0. The molecule has 1 aliphatic heterocycles. The average Bonchev–Trinajstić information content (AvgIpc) is 2.77. The molecule has 4 atom stereocenters. The maximum absolute atomic E-state index is 6.24. The van der Waals surface area contributed by atoms with E-state index in [0.29, 0.717) is 18.1 Å². The van der Waals surface area contributed by atoms with Crippen molar-refractivity contribution < 1.29 is 4.74 Å². The number of rotatable bonds is 0. The van der Waals surface area contributed by atoms with E-state index in [0.717, 1.165) is 5.92 Å². The minimum Gasteiger partial charge on any atom is -0.370 e. The Kier molecular flexibility index (Phi) is 2.16. The van der Waals surface area contributed by atoms with Crippen molar-refractivity contribution in [1.29, 1.82) is 0 Å². The van der Waals surface area contributed by atoms with Crippen LogP contribution in [0.15, 0.2) is 30.3 Å². The van der Waals surface area contributed by atoms with Crippen LogP contribution >= 0.6 is 0 Å². The summed E-state index contributed by atoms with van der Waals surface area (Å²) in [4.78, 5) is 0. The summed E-state index contributed by atoms with van der Waals surface area (Å²) in [6.07, 6.45) is 10.8. The molecule has 1 aromatic rings. The van der Waals surface area contributed by atoms with Gasteiger partial charge in [-0.05, 0) is 29.9 Å². The maximum atomic E-state index is 6.24. The van der Waals surface area contributed by atoms with E-state index in [1.54, 1.807) is 0 Å². The lowest BCUT2D eigenvalue weighted by Crippen LogP contribution is -2.24. The van der Waals surface area contributed by atoms with Crippen LogP contribution in [-0.2, 0) is 4.74 Å². The van der Waals surface area contributed by atoms with Crippen molar-refractivity contribution in [3.8, 4) is 0 Å². The molecule has 2 aliphatic carbocycles. The quantitative estimate of drug-likeness (QED) is 0.654. The van der Waals surface area contributed by atoms with Crippen molar-refractivity contribution in [3.05, 3.63) is 41.5 Å². The molecule has 0 radical (unpaired) electrons. The van der Waals surface area contributed by atoms with E-state index in [2.05, 4.69) is 36.4 Å². The Balaban J connectivity index is 1.78. The minimum absolute atomic E-state index is 0.345. The van der Waals surface area contributed by atoms with Crippen molar-refractivity contribution in [1.82, 2.24) is 0 Å². The van der Waals surface area contributed by atoms with Crippen molar-refractivity contribution in [2.24, 2.45) is 5.92 Å². The second-order valence-electron chi connectivity index (χ2n) is 5.60. The molecule has 1 saturated carbocycles. The molecule has 0 N–H and O–H groups in total. The van der Waals surface area contributed by atoms with Crippen molar-refractivity contribution >= 4 is 6.08 Å². The van der Waals surface area contributed by atoms with Crippen LogP contribution in [0.1, 0.15) is 42.7 Å². The summed E-state index contributed by atoms with van der Waals surface area (Å²) in [5.74, 6) is 1.39. The predicted octanol–water partition coefficient (Wildman–Crippen LogP) is 3.75. The van der Waals surface area contributed by atoms with Crippen LogP contribution in [0.3, 0.4) is 0 Å². The molecule has 3 aliphatic rings. The Morgan fingerprint density at radius 3 is 2.94 bits per heavy atom. The normalized spacial score (nSPS) is 38.4.